The number of hydrogen-bond acceptors (Lipinski definition) is 2. The maximum Gasteiger partial charge on any atom is 0.345 e. The second kappa shape index (κ2) is 6.31. The van der Waals surface area contributed by atoms with Gasteiger partial charge in [-0.1, -0.05) is 13.8 Å². The van der Waals surface area contributed by atoms with Gasteiger partial charge in [-0.15, -0.1) is 0 Å². The lowest BCUT2D eigenvalue weighted by Crippen LogP contribution is -2.32. The summed E-state index contributed by atoms with van der Waals surface area (Å²) in [5.41, 5.74) is 5.47. The van der Waals surface area contributed by atoms with Gasteiger partial charge in [0.05, 0.1) is 6.10 Å². The normalized spacial score (nSPS) is 28.5. The highest BCUT2D eigenvalue weighted by atomic mass is 19.3. The summed E-state index contributed by atoms with van der Waals surface area (Å²) in [6.07, 6.45) is 1.96. The van der Waals surface area contributed by atoms with Crippen LogP contribution in [0.3, 0.4) is 0 Å². The molecule has 0 radical (unpaired) electrons. The average Bonchev–Trinajstić information content (AvgIpc) is 2.40. The number of alkyl halides is 2. The standard InChI is InChI=1S/C6H11F2NO.C2H6/c7-6(8)10-5-3-1-2-4(5)9;1-2/h4-6H,1-3,9H2;1-2H3. The van der Waals surface area contributed by atoms with Crippen LogP contribution in [0, 0.1) is 0 Å². The Kier molecular flexibility index (Phi) is 6.20. The van der Waals surface area contributed by atoms with Gasteiger partial charge in [-0.05, 0) is 19.3 Å². The molecular weight excluding hydrogens is 164 g/mol. The summed E-state index contributed by atoms with van der Waals surface area (Å²) < 4.78 is 27.4. The molecule has 12 heavy (non-hydrogen) atoms. The van der Waals surface area contributed by atoms with Crippen LogP contribution in [0.2, 0.25) is 0 Å². The molecule has 1 aliphatic rings. The molecule has 0 amide bonds. The second-order valence-corrected chi connectivity index (χ2v) is 2.53. The first-order chi connectivity index (χ1) is 5.70. The summed E-state index contributed by atoms with van der Waals surface area (Å²) >= 11 is 0. The Balaban J connectivity index is 0.000000561. The van der Waals surface area contributed by atoms with Gasteiger partial charge in [-0.25, -0.2) is 0 Å². The van der Waals surface area contributed by atoms with E-state index in [-0.39, 0.29) is 6.04 Å². The van der Waals surface area contributed by atoms with Crippen LogP contribution in [0.5, 0.6) is 0 Å². The van der Waals surface area contributed by atoms with Crippen LogP contribution >= 0.6 is 0 Å². The Labute approximate surface area is 72.1 Å². The van der Waals surface area contributed by atoms with Crippen LogP contribution in [0.15, 0.2) is 0 Å². The summed E-state index contributed by atoms with van der Waals surface area (Å²) in [6.45, 7) is 1.33. The zero-order chi connectivity index (χ0) is 9.56. The average molecular weight is 181 g/mol. The van der Waals surface area contributed by atoms with Crippen LogP contribution in [-0.4, -0.2) is 18.8 Å². The molecule has 4 heteroatoms. The lowest BCUT2D eigenvalue weighted by Gasteiger charge is -2.14. The van der Waals surface area contributed by atoms with Crippen LogP contribution in [0.25, 0.3) is 0 Å². The fourth-order valence-electron chi connectivity index (χ4n) is 1.26. The van der Waals surface area contributed by atoms with Crippen molar-refractivity contribution in [2.24, 2.45) is 5.73 Å². The minimum absolute atomic E-state index is 0.186. The molecule has 0 aliphatic heterocycles. The van der Waals surface area contributed by atoms with Crippen molar-refractivity contribution in [2.75, 3.05) is 0 Å². The van der Waals surface area contributed by atoms with Crippen LogP contribution < -0.4 is 5.73 Å². The minimum Gasteiger partial charge on any atom is -0.325 e. The van der Waals surface area contributed by atoms with Crippen molar-refractivity contribution in [1.29, 1.82) is 0 Å². The van der Waals surface area contributed by atoms with Gasteiger partial charge in [0.15, 0.2) is 0 Å². The molecule has 1 rings (SSSR count). The van der Waals surface area contributed by atoms with E-state index in [2.05, 4.69) is 4.74 Å². The van der Waals surface area contributed by atoms with E-state index in [4.69, 9.17) is 5.73 Å². The Morgan fingerprint density at radius 1 is 1.33 bits per heavy atom. The van der Waals surface area contributed by atoms with Crippen LogP contribution in [0.1, 0.15) is 33.1 Å². The molecule has 0 bridgehead atoms. The zero-order valence-electron chi connectivity index (χ0n) is 7.59. The highest BCUT2D eigenvalue weighted by Crippen LogP contribution is 2.21. The fourth-order valence-corrected chi connectivity index (χ4v) is 1.26. The van der Waals surface area contributed by atoms with Gasteiger partial charge >= 0.3 is 6.61 Å². The molecule has 0 aromatic heterocycles. The maximum absolute atomic E-state index is 11.6. The van der Waals surface area contributed by atoms with Crippen molar-refractivity contribution in [3.63, 3.8) is 0 Å². The Morgan fingerprint density at radius 3 is 2.25 bits per heavy atom. The molecule has 1 saturated carbocycles. The van der Waals surface area contributed by atoms with E-state index in [0.29, 0.717) is 6.42 Å². The summed E-state index contributed by atoms with van der Waals surface area (Å²) in [6, 6.07) is -0.186. The zero-order valence-corrected chi connectivity index (χ0v) is 7.59. The van der Waals surface area contributed by atoms with Crippen molar-refractivity contribution in [3.05, 3.63) is 0 Å². The molecule has 0 aromatic rings. The second-order valence-electron chi connectivity index (χ2n) is 2.53. The molecule has 0 heterocycles. The largest absolute Gasteiger partial charge is 0.345 e. The quantitative estimate of drug-likeness (QED) is 0.708. The van der Waals surface area contributed by atoms with E-state index in [1.165, 1.54) is 0 Å². The Bertz CT molecular complexity index is 111. The van der Waals surface area contributed by atoms with Crippen molar-refractivity contribution in [2.45, 2.75) is 51.9 Å². The maximum atomic E-state index is 11.6. The molecule has 0 saturated heterocycles. The molecular formula is C8H17F2NO. The lowest BCUT2D eigenvalue weighted by atomic mass is 10.2. The predicted molar refractivity (Wildman–Crippen MR) is 44.1 cm³/mol. The number of rotatable bonds is 2. The number of nitrogens with two attached hydrogens (primary N) is 1. The van der Waals surface area contributed by atoms with Gasteiger partial charge in [-0.3, -0.25) is 0 Å². The van der Waals surface area contributed by atoms with E-state index < -0.39 is 12.7 Å². The molecule has 1 fully saturated rings. The Hall–Kier alpha value is -0.220. The van der Waals surface area contributed by atoms with Crippen molar-refractivity contribution < 1.29 is 13.5 Å². The fraction of sp³-hybridized carbons (Fsp3) is 1.00. The molecule has 2 unspecified atom stereocenters. The molecule has 0 spiro atoms. The van der Waals surface area contributed by atoms with E-state index in [1.807, 2.05) is 13.8 Å². The highest BCUT2D eigenvalue weighted by Gasteiger charge is 2.26. The third-order valence-corrected chi connectivity index (χ3v) is 1.78. The summed E-state index contributed by atoms with van der Waals surface area (Å²) in [5, 5.41) is 0. The topological polar surface area (TPSA) is 35.2 Å². The first kappa shape index (κ1) is 11.8. The lowest BCUT2D eigenvalue weighted by molar-refractivity contribution is -0.163. The first-order valence-electron chi connectivity index (χ1n) is 4.39. The number of ether oxygens (including phenoxy) is 1. The molecule has 74 valence electrons. The monoisotopic (exact) mass is 181 g/mol. The van der Waals surface area contributed by atoms with Crippen molar-refractivity contribution >= 4 is 0 Å². The van der Waals surface area contributed by atoms with E-state index in [9.17, 15) is 8.78 Å². The van der Waals surface area contributed by atoms with E-state index >= 15 is 0 Å². The SMILES string of the molecule is CC.NC1CCCC1OC(F)F. The Morgan fingerprint density at radius 2 is 1.92 bits per heavy atom. The third kappa shape index (κ3) is 3.97. The van der Waals surface area contributed by atoms with Gasteiger partial charge in [0, 0.05) is 6.04 Å². The highest BCUT2D eigenvalue weighted by molar-refractivity contribution is 4.80. The van der Waals surface area contributed by atoms with Crippen molar-refractivity contribution in [3.8, 4) is 0 Å². The smallest absolute Gasteiger partial charge is 0.325 e. The van der Waals surface area contributed by atoms with Crippen molar-refractivity contribution in [1.82, 2.24) is 0 Å². The summed E-state index contributed by atoms with van der Waals surface area (Å²) in [4.78, 5) is 0. The molecule has 0 aromatic carbocycles. The van der Waals surface area contributed by atoms with E-state index in [1.54, 1.807) is 0 Å². The molecule has 1 aliphatic carbocycles. The predicted octanol–water partition coefficient (Wildman–Crippen LogP) is 2.13. The van der Waals surface area contributed by atoms with Crippen LogP contribution in [0.4, 0.5) is 8.78 Å². The van der Waals surface area contributed by atoms with Gasteiger partial charge in [0.2, 0.25) is 0 Å². The van der Waals surface area contributed by atoms with Gasteiger partial charge in [0.25, 0.3) is 0 Å². The van der Waals surface area contributed by atoms with Gasteiger partial charge < -0.3 is 10.5 Å². The number of hydrogen-bond donors (Lipinski definition) is 1. The summed E-state index contributed by atoms with van der Waals surface area (Å²) in [5.74, 6) is 0. The van der Waals surface area contributed by atoms with E-state index in [0.717, 1.165) is 12.8 Å². The molecule has 2 atom stereocenters. The first-order valence-corrected chi connectivity index (χ1v) is 4.39. The molecule has 2 N–H and O–H groups in total. The van der Waals surface area contributed by atoms with Gasteiger partial charge in [0.1, 0.15) is 0 Å². The van der Waals surface area contributed by atoms with Crippen LogP contribution in [-0.2, 0) is 4.74 Å². The number of halogens is 2. The molecule has 2 nitrogen and oxygen atoms in total. The summed E-state index contributed by atoms with van der Waals surface area (Å²) in [7, 11) is 0. The van der Waals surface area contributed by atoms with Gasteiger partial charge in [-0.2, -0.15) is 8.78 Å². The third-order valence-electron chi connectivity index (χ3n) is 1.78. The minimum atomic E-state index is -2.67.